The van der Waals surface area contributed by atoms with Crippen LogP contribution in [0.2, 0.25) is 0 Å². The van der Waals surface area contributed by atoms with E-state index in [1.165, 1.54) is 12.1 Å². The highest BCUT2D eigenvalue weighted by Gasteiger charge is 2.34. The van der Waals surface area contributed by atoms with Gasteiger partial charge in [0.1, 0.15) is 6.17 Å². The monoisotopic (exact) mass is 270 g/mol. The van der Waals surface area contributed by atoms with Crippen LogP contribution < -0.4 is 0 Å². The number of benzene rings is 1. The van der Waals surface area contributed by atoms with Crippen LogP contribution in [0.3, 0.4) is 0 Å². The van der Waals surface area contributed by atoms with Crippen molar-refractivity contribution in [2.75, 3.05) is 5.33 Å². The average Bonchev–Trinajstić information content (AvgIpc) is 2.15. The summed E-state index contributed by atoms with van der Waals surface area (Å²) in [4.78, 5) is 0. The van der Waals surface area contributed by atoms with Gasteiger partial charge in [-0.2, -0.15) is 13.2 Å². The molecule has 78 valence electrons. The summed E-state index contributed by atoms with van der Waals surface area (Å²) >= 11 is 2.81. The largest absolute Gasteiger partial charge is 0.416 e. The Hall–Kier alpha value is -0.580. The molecule has 0 fully saturated rings. The Morgan fingerprint density at radius 1 is 1.21 bits per heavy atom. The SMILES string of the molecule is FC(CBr)c1ccccc1C(F)(F)F. The molecule has 0 radical (unpaired) electrons. The van der Waals surface area contributed by atoms with Gasteiger partial charge in [0, 0.05) is 5.33 Å². The standard InChI is InChI=1S/C9H7BrF4/c10-5-8(11)6-3-1-2-4-7(6)9(12,13)14/h1-4,8H,5H2. The topological polar surface area (TPSA) is 0 Å². The fourth-order valence-electron chi connectivity index (χ4n) is 1.11. The second kappa shape index (κ2) is 4.29. The van der Waals surface area contributed by atoms with Gasteiger partial charge in [-0.05, 0) is 11.6 Å². The van der Waals surface area contributed by atoms with Crippen LogP contribution in [0, 0.1) is 0 Å². The fourth-order valence-corrected chi connectivity index (χ4v) is 1.46. The minimum atomic E-state index is -4.50. The Labute approximate surface area is 87.1 Å². The van der Waals surface area contributed by atoms with Gasteiger partial charge in [-0.15, -0.1) is 0 Å². The van der Waals surface area contributed by atoms with Gasteiger partial charge < -0.3 is 0 Å². The first kappa shape index (κ1) is 11.5. The van der Waals surface area contributed by atoms with Crippen molar-refractivity contribution in [3.05, 3.63) is 35.4 Å². The van der Waals surface area contributed by atoms with Crippen molar-refractivity contribution >= 4 is 15.9 Å². The Bertz CT molecular complexity index is 308. The molecule has 0 aliphatic heterocycles. The Morgan fingerprint density at radius 2 is 1.79 bits per heavy atom. The molecule has 1 rings (SSSR count). The summed E-state index contributed by atoms with van der Waals surface area (Å²) < 4.78 is 50.2. The third-order valence-electron chi connectivity index (χ3n) is 1.74. The highest BCUT2D eigenvalue weighted by molar-refractivity contribution is 9.09. The molecule has 1 unspecified atom stereocenters. The van der Waals surface area contributed by atoms with Gasteiger partial charge in [0.25, 0.3) is 0 Å². The molecule has 0 spiro atoms. The lowest BCUT2D eigenvalue weighted by Crippen LogP contribution is -2.10. The molecular formula is C9H7BrF4. The zero-order valence-corrected chi connectivity index (χ0v) is 8.57. The number of rotatable bonds is 2. The van der Waals surface area contributed by atoms with E-state index >= 15 is 0 Å². The predicted octanol–water partition coefficient (Wildman–Crippen LogP) is 4.11. The highest BCUT2D eigenvalue weighted by Crippen LogP contribution is 2.35. The predicted molar refractivity (Wildman–Crippen MR) is 49.1 cm³/mol. The molecule has 0 amide bonds. The highest BCUT2D eigenvalue weighted by atomic mass is 79.9. The zero-order valence-electron chi connectivity index (χ0n) is 6.98. The lowest BCUT2D eigenvalue weighted by atomic mass is 10.0. The van der Waals surface area contributed by atoms with E-state index in [4.69, 9.17) is 0 Å². The summed E-state index contributed by atoms with van der Waals surface area (Å²) in [6, 6.07) is 4.66. The first-order valence-electron chi connectivity index (χ1n) is 3.83. The van der Waals surface area contributed by atoms with Gasteiger partial charge >= 0.3 is 6.18 Å². The molecule has 0 heterocycles. The van der Waals surface area contributed by atoms with Crippen LogP contribution in [0.4, 0.5) is 17.6 Å². The summed E-state index contributed by atoms with van der Waals surface area (Å²) in [6.07, 6.45) is -6.13. The molecule has 1 aromatic rings. The normalized spacial score (nSPS) is 14.1. The second-order valence-electron chi connectivity index (χ2n) is 2.71. The van der Waals surface area contributed by atoms with E-state index in [9.17, 15) is 17.6 Å². The summed E-state index contributed by atoms with van der Waals surface area (Å²) in [6.45, 7) is 0. The molecular weight excluding hydrogens is 264 g/mol. The first-order chi connectivity index (χ1) is 6.46. The minimum Gasteiger partial charge on any atom is -0.241 e. The van der Waals surface area contributed by atoms with E-state index < -0.39 is 17.9 Å². The van der Waals surface area contributed by atoms with Crippen LogP contribution in [0.5, 0.6) is 0 Å². The molecule has 0 aromatic heterocycles. The van der Waals surface area contributed by atoms with Crippen LogP contribution in [-0.4, -0.2) is 5.33 Å². The van der Waals surface area contributed by atoms with Gasteiger partial charge in [-0.3, -0.25) is 0 Å². The molecule has 0 aliphatic carbocycles. The van der Waals surface area contributed by atoms with Crippen LogP contribution in [-0.2, 0) is 6.18 Å². The number of alkyl halides is 5. The van der Waals surface area contributed by atoms with Crippen molar-refractivity contribution in [2.45, 2.75) is 12.3 Å². The maximum atomic E-state index is 13.1. The Kier molecular flexibility index (Phi) is 3.53. The molecule has 0 saturated carbocycles. The van der Waals surface area contributed by atoms with Crippen LogP contribution >= 0.6 is 15.9 Å². The van der Waals surface area contributed by atoms with E-state index in [2.05, 4.69) is 15.9 Å². The number of hydrogen-bond acceptors (Lipinski definition) is 0. The van der Waals surface area contributed by atoms with Crippen LogP contribution in [0.25, 0.3) is 0 Å². The molecule has 0 saturated heterocycles. The van der Waals surface area contributed by atoms with E-state index in [0.717, 1.165) is 12.1 Å². The molecule has 0 bridgehead atoms. The van der Waals surface area contributed by atoms with Gasteiger partial charge in [0.2, 0.25) is 0 Å². The van der Waals surface area contributed by atoms with Crippen molar-refractivity contribution in [2.24, 2.45) is 0 Å². The molecule has 1 atom stereocenters. The van der Waals surface area contributed by atoms with E-state index in [-0.39, 0.29) is 10.9 Å². The van der Waals surface area contributed by atoms with Crippen molar-refractivity contribution in [1.82, 2.24) is 0 Å². The molecule has 1 aromatic carbocycles. The van der Waals surface area contributed by atoms with Crippen LogP contribution in [0.1, 0.15) is 17.3 Å². The van der Waals surface area contributed by atoms with Gasteiger partial charge in [-0.1, -0.05) is 34.1 Å². The van der Waals surface area contributed by atoms with Crippen molar-refractivity contribution in [3.63, 3.8) is 0 Å². The number of hydrogen-bond donors (Lipinski definition) is 0. The minimum absolute atomic E-state index is 0.139. The fraction of sp³-hybridized carbons (Fsp3) is 0.333. The van der Waals surface area contributed by atoms with Crippen molar-refractivity contribution in [1.29, 1.82) is 0 Å². The maximum absolute atomic E-state index is 13.1. The van der Waals surface area contributed by atoms with Crippen LogP contribution in [0.15, 0.2) is 24.3 Å². The molecule has 14 heavy (non-hydrogen) atoms. The lowest BCUT2D eigenvalue weighted by Gasteiger charge is -2.13. The third-order valence-corrected chi connectivity index (χ3v) is 2.31. The van der Waals surface area contributed by atoms with Gasteiger partial charge in [-0.25, -0.2) is 4.39 Å². The first-order valence-corrected chi connectivity index (χ1v) is 4.95. The Morgan fingerprint density at radius 3 is 2.29 bits per heavy atom. The van der Waals surface area contributed by atoms with E-state index in [1.807, 2.05) is 0 Å². The summed E-state index contributed by atoms with van der Waals surface area (Å²) in [5.41, 5.74) is -1.23. The smallest absolute Gasteiger partial charge is 0.241 e. The van der Waals surface area contributed by atoms with Crippen molar-refractivity contribution < 1.29 is 17.6 Å². The molecule has 5 heteroatoms. The second-order valence-corrected chi connectivity index (χ2v) is 3.35. The molecule has 0 nitrogen and oxygen atoms in total. The maximum Gasteiger partial charge on any atom is 0.416 e. The van der Waals surface area contributed by atoms with Gasteiger partial charge in [0.15, 0.2) is 0 Å². The molecule has 0 N–H and O–H groups in total. The Balaban J connectivity index is 3.16. The summed E-state index contributed by atoms with van der Waals surface area (Å²) in [5, 5.41) is -0.139. The zero-order chi connectivity index (χ0) is 10.8. The van der Waals surface area contributed by atoms with Crippen molar-refractivity contribution in [3.8, 4) is 0 Å². The summed E-state index contributed by atoms with van der Waals surface area (Å²) in [7, 11) is 0. The average molecular weight is 271 g/mol. The third kappa shape index (κ3) is 2.47. The number of halogens is 5. The quantitative estimate of drug-likeness (QED) is 0.561. The lowest BCUT2D eigenvalue weighted by molar-refractivity contribution is -0.138. The van der Waals surface area contributed by atoms with Gasteiger partial charge in [0.05, 0.1) is 5.56 Å². The van der Waals surface area contributed by atoms with E-state index in [1.54, 1.807) is 0 Å². The van der Waals surface area contributed by atoms with E-state index in [0.29, 0.717) is 0 Å². The molecule has 0 aliphatic rings. The summed E-state index contributed by atoms with van der Waals surface area (Å²) in [5.74, 6) is 0.